The van der Waals surface area contributed by atoms with E-state index >= 15 is 0 Å². The summed E-state index contributed by atoms with van der Waals surface area (Å²) in [6.07, 6.45) is 1.80. The highest BCUT2D eigenvalue weighted by atomic mass is 79.9. The van der Waals surface area contributed by atoms with E-state index in [0.29, 0.717) is 0 Å². The van der Waals surface area contributed by atoms with Crippen molar-refractivity contribution in [2.75, 3.05) is 0 Å². The first-order valence-corrected chi connectivity index (χ1v) is 6.04. The van der Waals surface area contributed by atoms with Crippen molar-refractivity contribution in [3.8, 4) is 11.3 Å². The van der Waals surface area contributed by atoms with Crippen LogP contribution in [0.4, 0.5) is 0 Å². The van der Waals surface area contributed by atoms with Crippen LogP contribution in [0.2, 0.25) is 0 Å². The van der Waals surface area contributed by atoms with Crippen LogP contribution in [0.5, 0.6) is 0 Å². The van der Waals surface area contributed by atoms with E-state index < -0.39 is 0 Å². The summed E-state index contributed by atoms with van der Waals surface area (Å²) in [5, 5.41) is 0. The van der Waals surface area contributed by atoms with Crippen molar-refractivity contribution in [2.24, 2.45) is 0 Å². The molecule has 2 aromatic heterocycles. The normalized spacial score (nSPS) is 10.3. The fourth-order valence-corrected chi connectivity index (χ4v) is 3.87. The van der Waals surface area contributed by atoms with Crippen LogP contribution in [0.25, 0.3) is 11.3 Å². The van der Waals surface area contributed by atoms with Crippen molar-refractivity contribution in [2.45, 2.75) is 0 Å². The molecule has 0 fully saturated rings. The fourth-order valence-electron chi connectivity index (χ4n) is 1.04. The zero-order chi connectivity index (χ0) is 9.26. The number of pyridine rings is 1. The van der Waals surface area contributed by atoms with Gasteiger partial charge in [0.25, 0.3) is 0 Å². The van der Waals surface area contributed by atoms with Gasteiger partial charge in [-0.25, -0.2) is 0 Å². The first-order chi connectivity index (χ1) is 6.27. The van der Waals surface area contributed by atoms with Crippen LogP contribution in [0.15, 0.2) is 38.0 Å². The standard InChI is InChI=1S/C9H5Br2NS/c10-8-5-6(9(11)13-8)7-3-1-2-4-12-7/h1-5H. The number of thiophene rings is 1. The number of halogens is 2. The van der Waals surface area contributed by atoms with E-state index in [9.17, 15) is 0 Å². The van der Waals surface area contributed by atoms with Gasteiger partial charge < -0.3 is 0 Å². The molecule has 0 N–H and O–H groups in total. The molecule has 0 atom stereocenters. The Balaban J connectivity index is 2.53. The number of rotatable bonds is 1. The maximum atomic E-state index is 4.28. The van der Waals surface area contributed by atoms with Crippen LogP contribution in [-0.2, 0) is 0 Å². The summed E-state index contributed by atoms with van der Waals surface area (Å²) in [5.74, 6) is 0. The number of hydrogen-bond acceptors (Lipinski definition) is 2. The minimum atomic E-state index is 0.997. The SMILES string of the molecule is Brc1cc(-c2ccccn2)c(Br)s1. The zero-order valence-corrected chi connectivity index (χ0v) is 10.5. The molecule has 0 aliphatic heterocycles. The quantitative estimate of drug-likeness (QED) is 0.762. The molecule has 13 heavy (non-hydrogen) atoms. The molecular formula is C9H5Br2NS. The molecule has 0 aliphatic rings. The minimum Gasteiger partial charge on any atom is -0.256 e. The van der Waals surface area contributed by atoms with Gasteiger partial charge >= 0.3 is 0 Å². The Morgan fingerprint density at radius 1 is 1.23 bits per heavy atom. The summed E-state index contributed by atoms with van der Waals surface area (Å²) in [7, 11) is 0. The Morgan fingerprint density at radius 2 is 2.08 bits per heavy atom. The molecule has 0 radical (unpaired) electrons. The van der Waals surface area contributed by atoms with E-state index in [2.05, 4.69) is 42.9 Å². The second-order valence-corrected chi connectivity index (χ2v) is 6.20. The molecule has 0 spiro atoms. The summed E-state index contributed by atoms with van der Waals surface area (Å²) >= 11 is 8.60. The molecule has 0 saturated carbocycles. The van der Waals surface area contributed by atoms with Crippen LogP contribution in [0.3, 0.4) is 0 Å². The molecule has 0 aromatic carbocycles. The van der Waals surface area contributed by atoms with E-state index in [1.807, 2.05) is 18.2 Å². The van der Waals surface area contributed by atoms with Crippen LogP contribution in [0, 0.1) is 0 Å². The Labute approximate surface area is 97.1 Å². The van der Waals surface area contributed by atoms with Gasteiger partial charge in [-0.2, -0.15) is 0 Å². The molecule has 4 heteroatoms. The molecule has 0 amide bonds. The average Bonchev–Trinajstić information content (AvgIpc) is 2.47. The van der Waals surface area contributed by atoms with Crippen LogP contribution >= 0.6 is 43.2 Å². The van der Waals surface area contributed by atoms with Gasteiger partial charge in [-0.1, -0.05) is 6.07 Å². The van der Waals surface area contributed by atoms with Crippen LogP contribution in [-0.4, -0.2) is 4.98 Å². The fraction of sp³-hybridized carbons (Fsp3) is 0. The molecule has 66 valence electrons. The average molecular weight is 319 g/mol. The number of hydrogen-bond donors (Lipinski definition) is 0. The lowest BCUT2D eigenvalue weighted by atomic mass is 10.2. The predicted molar refractivity (Wildman–Crippen MR) is 63.0 cm³/mol. The summed E-state index contributed by atoms with van der Waals surface area (Å²) in [6, 6.07) is 7.97. The summed E-state index contributed by atoms with van der Waals surface area (Å²) in [5.41, 5.74) is 2.13. The van der Waals surface area contributed by atoms with Gasteiger partial charge in [0.15, 0.2) is 0 Å². The second-order valence-electron chi connectivity index (χ2n) is 2.45. The lowest BCUT2D eigenvalue weighted by molar-refractivity contribution is 1.33. The highest BCUT2D eigenvalue weighted by molar-refractivity contribution is 9.12. The Morgan fingerprint density at radius 3 is 2.62 bits per heavy atom. The largest absolute Gasteiger partial charge is 0.256 e. The van der Waals surface area contributed by atoms with E-state index in [1.165, 1.54) is 0 Å². The van der Waals surface area contributed by atoms with E-state index in [0.717, 1.165) is 18.8 Å². The van der Waals surface area contributed by atoms with E-state index in [4.69, 9.17) is 0 Å². The van der Waals surface area contributed by atoms with Gasteiger partial charge in [-0.15, -0.1) is 11.3 Å². The summed E-state index contributed by atoms with van der Waals surface area (Å²) in [4.78, 5) is 4.28. The Bertz CT molecular complexity index is 411. The van der Waals surface area contributed by atoms with Crippen molar-refractivity contribution in [3.05, 3.63) is 38.0 Å². The van der Waals surface area contributed by atoms with Crippen molar-refractivity contribution < 1.29 is 0 Å². The van der Waals surface area contributed by atoms with Gasteiger partial charge in [-0.3, -0.25) is 4.98 Å². The van der Waals surface area contributed by atoms with Gasteiger partial charge in [0, 0.05) is 11.8 Å². The summed E-state index contributed by atoms with van der Waals surface area (Å²) < 4.78 is 2.22. The second kappa shape index (κ2) is 3.90. The van der Waals surface area contributed by atoms with Gasteiger partial charge in [-0.05, 0) is 50.1 Å². The first kappa shape index (κ1) is 9.37. The molecule has 0 bridgehead atoms. The van der Waals surface area contributed by atoms with E-state index in [1.54, 1.807) is 17.5 Å². The molecule has 0 unspecified atom stereocenters. The molecule has 0 saturated heterocycles. The molecule has 0 aliphatic carbocycles. The Hall–Kier alpha value is -0.190. The number of aromatic nitrogens is 1. The first-order valence-electron chi connectivity index (χ1n) is 3.63. The van der Waals surface area contributed by atoms with Crippen molar-refractivity contribution >= 4 is 43.2 Å². The van der Waals surface area contributed by atoms with Crippen molar-refractivity contribution in [3.63, 3.8) is 0 Å². The topological polar surface area (TPSA) is 12.9 Å². The molecule has 1 nitrogen and oxygen atoms in total. The smallest absolute Gasteiger partial charge is 0.0804 e. The third-order valence-corrected chi connectivity index (χ3v) is 3.94. The zero-order valence-electron chi connectivity index (χ0n) is 6.50. The van der Waals surface area contributed by atoms with Crippen molar-refractivity contribution in [1.82, 2.24) is 4.98 Å². The highest BCUT2D eigenvalue weighted by Crippen LogP contribution is 2.37. The predicted octanol–water partition coefficient (Wildman–Crippen LogP) is 4.34. The maximum absolute atomic E-state index is 4.28. The lowest BCUT2D eigenvalue weighted by Gasteiger charge is -1.95. The molecule has 2 aromatic rings. The molecule has 2 rings (SSSR count). The molecular weight excluding hydrogens is 314 g/mol. The van der Waals surface area contributed by atoms with Gasteiger partial charge in [0.05, 0.1) is 13.3 Å². The third-order valence-electron chi connectivity index (χ3n) is 1.60. The molecule has 2 heterocycles. The van der Waals surface area contributed by atoms with Gasteiger partial charge in [0.1, 0.15) is 0 Å². The lowest BCUT2D eigenvalue weighted by Crippen LogP contribution is -1.78. The monoisotopic (exact) mass is 317 g/mol. The van der Waals surface area contributed by atoms with Crippen molar-refractivity contribution in [1.29, 1.82) is 0 Å². The number of nitrogens with zero attached hydrogens (tertiary/aromatic N) is 1. The van der Waals surface area contributed by atoms with Crippen LogP contribution < -0.4 is 0 Å². The third kappa shape index (κ3) is 2.00. The minimum absolute atomic E-state index is 0.997. The van der Waals surface area contributed by atoms with Gasteiger partial charge in [0.2, 0.25) is 0 Å². The highest BCUT2D eigenvalue weighted by Gasteiger charge is 2.07. The maximum Gasteiger partial charge on any atom is 0.0804 e. The summed E-state index contributed by atoms with van der Waals surface area (Å²) in [6.45, 7) is 0. The Kier molecular flexibility index (Phi) is 2.81. The van der Waals surface area contributed by atoms with Crippen LogP contribution in [0.1, 0.15) is 0 Å². The van der Waals surface area contributed by atoms with E-state index in [-0.39, 0.29) is 0 Å².